The van der Waals surface area contributed by atoms with E-state index in [1.165, 1.54) is 5.69 Å². The minimum Gasteiger partial charge on any atom is -0.450 e. The van der Waals surface area contributed by atoms with Gasteiger partial charge in [0.15, 0.2) is 5.96 Å². The highest BCUT2D eigenvalue weighted by Gasteiger charge is 2.23. The van der Waals surface area contributed by atoms with Crippen LogP contribution in [0.1, 0.15) is 33.1 Å². The maximum atomic E-state index is 11.7. The van der Waals surface area contributed by atoms with Crippen LogP contribution >= 0.6 is 0 Å². The minimum atomic E-state index is -0.225. The molecule has 1 aliphatic rings. The zero-order valence-electron chi connectivity index (χ0n) is 16.6. The van der Waals surface area contributed by atoms with Crippen molar-refractivity contribution in [2.45, 2.75) is 39.2 Å². The molecule has 27 heavy (non-hydrogen) atoms. The van der Waals surface area contributed by atoms with E-state index in [4.69, 9.17) is 10.5 Å². The monoisotopic (exact) mass is 375 g/mol. The third kappa shape index (κ3) is 7.00. The molecule has 0 spiro atoms. The van der Waals surface area contributed by atoms with Crippen molar-refractivity contribution < 1.29 is 9.53 Å². The number of guanidine groups is 1. The van der Waals surface area contributed by atoms with Gasteiger partial charge in [-0.2, -0.15) is 0 Å². The predicted octanol–water partition coefficient (Wildman–Crippen LogP) is 2.43. The maximum Gasteiger partial charge on any atom is 0.409 e. The number of benzene rings is 1. The van der Waals surface area contributed by atoms with Crippen LogP contribution in [0, 0.1) is 0 Å². The van der Waals surface area contributed by atoms with Gasteiger partial charge in [-0.15, -0.1) is 0 Å². The van der Waals surface area contributed by atoms with Gasteiger partial charge in [0.1, 0.15) is 0 Å². The van der Waals surface area contributed by atoms with Crippen LogP contribution in [0.15, 0.2) is 35.3 Å². The number of carbonyl (C=O) groups is 1. The van der Waals surface area contributed by atoms with Gasteiger partial charge in [-0.25, -0.2) is 4.79 Å². The van der Waals surface area contributed by atoms with E-state index in [0.717, 1.165) is 32.4 Å². The molecular formula is C20H33N5O2. The Kier molecular flexibility index (Phi) is 8.74. The molecule has 1 fully saturated rings. The van der Waals surface area contributed by atoms with Crippen molar-refractivity contribution >= 4 is 17.7 Å². The standard InChI is InChI=1S/C20H33N5O2/c1-3-24(18-9-6-5-7-10-18)14-8-13-22-19(21)23-17-11-15-25(16-12-17)20(26)27-4-2/h5-7,9-10,17H,3-4,8,11-16H2,1-2H3,(H3,21,22,23). The number of likely N-dealkylation sites (tertiary alicyclic amines) is 1. The van der Waals surface area contributed by atoms with E-state index in [-0.39, 0.29) is 12.1 Å². The van der Waals surface area contributed by atoms with Crippen LogP contribution in [0.25, 0.3) is 0 Å². The normalized spacial score (nSPS) is 15.5. The summed E-state index contributed by atoms with van der Waals surface area (Å²) in [5.74, 6) is 0.493. The molecule has 1 aliphatic heterocycles. The van der Waals surface area contributed by atoms with Gasteiger partial charge in [0.2, 0.25) is 0 Å². The second kappa shape index (κ2) is 11.3. The molecule has 7 nitrogen and oxygen atoms in total. The molecule has 0 radical (unpaired) electrons. The maximum absolute atomic E-state index is 11.7. The lowest BCUT2D eigenvalue weighted by atomic mass is 10.1. The SMILES string of the molecule is CCOC(=O)N1CCC(NC(N)=NCCCN(CC)c2ccccc2)CC1. The van der Waals surface area contributed by atoms with Gasteiger partial charge in [0.25, 0.3) is 0 Å². The number of ether oxygens (including phenoxy) is 1. The number of para-hydroxylation sites is 1. The zero-order valence-corrected chi connectivity index (χ0v) is 16.6. The molecule has 0 aliphatic carbocycles. The zero-order chi connectivity index (χ0) is 19.5. The summed E-state index contributed by atoms with van der Waals surface area (Å²) in [5.41, 5.74) is 7.27. The lowest BCUT2D eigenvalue weighted by Crippen LogP contribution is -2.48. The van der Waals surface area contributed by atoms with Crippen LogP contribution in [-0.4, -0.2) is 62.3 Å². The summed E-state index contributed by atoms with van der Waals surface area (Å²) < 4.78 is 5.04. The second-order valence-electron chi connectivity index (χ2n) is 6.64. The van der Waals surface area contributed by atoms with Crippen molar-refractivity contribution in [2.24, 2.45) is 10.7 Å². The molecule has 7 heteroatoms. The Balaban J connectivity index is 1.67. The Hall–Kier alpha value is -2.44. The summed E-state index contributed by atoms with van der Waals surface area (Å²) in [6.45, 7) is 8.40. The summed E-state index contributed by atoms with van der Waals surface area (Å²) in [7, 11) is 0. The van der Waals surface area contributed by atoms with Gasteiger partial charge in [0.05, 0.1) is 6.61 Å². The van der Waals surface area contributed by atoms with Gasteiger partial charge >= 0.3 is 6.09 Å². The van der Waals surface area contributed by atoms with Crippen LogP contribution in [-0.2, 0) is 4.74 Å². The van der Waals surface area contributed by atoms with Crippen molar-refractivity contribution in [3.63, 3.8) is 0 Å². The van der Waals surface area contributed by atoms with Gasteiger partial charge in [-0.3, -0.25) is 4.99 Å². The number of carbonyl (C=O) groups excluding carboxylic acids is 1. The molecule has 0 unspecified atom stereocenters. The second-order valence-corrected chi connectivity index (χ2v) is 6.64. The number of rotatable bonds is 8. The number of hydrogen-bond acceptors (Lipinski definition) is 4. The van der Waals surface area contributed by atoms with E-state index in [0.29, 0.717) is 32.2 Å². The third-order valence-corrected chi connectivity index (χ3v) is 4.74. The van der Waals surface area contributed by atoms with E-state index in [9.17, 15) is 4.79 Å². The van der Waals surface area contributed by atoms with Gasteiger partial charge in [-0.05, 0) is 45.2 Å². The Bertz CT molecular complexity index is 585. The van der Waals surface area contributed by atoms with Crippen LogP contribution < -0.4 is 16.0 Å². The first-order valence-electron chi connectivity index (χ1n) is 9.92. The summed E-state index contributed by atoms with van der Waals surface area (Å²) in [5, 5.41) is 3.28. The number of piperidine rings is 1. The van der Waals surface area contributed by atoms with Gasteiger partial charge in [0, 0.05) is 44.5 Å². The number of nitrogens with two attached hydrogens (primary N) is 1. The average molecular weight is 376 g/mol. The molecule has 0 atom stereocenters. The predicted molar refractivity (Wildman–Crippen MR) is 110 cm³/mol. The molecule has 0 saturated carbocycles. The topological polar surface area (TPSA) is 83.2 Å². The number of amides is 1. The summed E-state index contributed by atoms with van der Waals surface area (Å²) in [6, 6.07) is 10.7. The molecule has 3 N–H and O–H groups in total. The Labute approximate surface area is 162 Å². The fourth-order valence-corrected chi connectivity index (χ4v) is 3.25. The van der Waals surface area contributed by atoms with Crippen molar-refractivity contribution in [1.82, 2.24) is 10.2 Å². The number of hydrogen-bond donors (Lipinski definition) is 2. The van der Waals surface area contributed by atoms with Crippen LogP contribution in [0.4, 0.5) is 10.5 Å². The molecule has 0 bridgehead atoms. The molecule has 1 saturated heterocycles. The number of aliphatic imine (C=N–C) groups is 1. The van der Waals surface area contributed by atoms with E-state index >= 15 is 0 Å². The van der Waals surface area contributed by atoms with E-state index < -0.39 is 0 Å². The van der Waals surface area contributed by atoms with E-state index in [1.54, 1.807) is 4.90 Å². The molecule has 0 aromatic heterocycles. The number of nitrogens with one attached hydrogen (secondary N) is 1. The first kappa shape index (κ1) is 20.9. The first-order chi connectivity index (χ1) is 13.1. The summed E-state index contributed by atoms with van der Waals surface area (Å²) in [6.07, 6.45) is 2.43. The lowest BCUT2D eigenvalue weighted by Gasteiger charge is -2.31. The lowest BCUT2D eigenvalue weighted by molar-refractivity contribution is 0.0963. The largest absolute Gasteiger partial charge is 0.450 e. The summed E-state index contributed by atoms with van der Waals surface area (Å²) >= 11 is 0. The molecule has 1 aromatic carbocycles. The fourth-order valence-electron chi connectivity index (χ4n) is 3.25. The molecule has 2 rings (SSSR count). The van der Waals surface area contributed by atoms with Crippen molar-refractivity contribution in [3.05, 3.63) is 30.3 Å². The Morgan fingerprint density at radius 3 is 2.63 bits per heavy atom. The number of nitrogens with zero attached hydrogens (tertiary/aromatic N) is 3. The number of anilines is 1. The van der Waals surface area contributed by atoms with Gasteiger partial charge < -0.3 is 25.6 Å². The average Bonchev–Trinajstić information content (AvgIpc) is 2.69. The smallest absolute Gasteiger partial charge is 0.409 e. The Morgan fingerprint density at radius 1 is 1.30 bits per heavy atom. The molecule has 1 aromatic rings. The summed E-state index contributed by atoms with van der Waals surface area (Å²) in [4.78, 5) is 20.3. The third-order valence-electron chi connectivity index (χ3n) is 4.74. The highest BCUT2D eigenvalue weighted by Crippen LogP contribution is 2.13. The van der Waals surface area contributed by atoms with Crippen molar-refractivity contribution in [2.75, 3.05) is 44.2 Å². The van der Waals surface area contributed by atoms with Crippen LogP contribution in [0.2, 0.25) is 0 Å². The van der Waals surface area contributed by atoms with Crippen molar-refractivity contribution in [1.29, 1.82) is 0 Å². The van der Waals surface area contributed by atoms with E-state index in [2.05, 4.69) is 46.4 Å². The quantitative estimate of drug-likeness (QED) is 0.414. The molecule has 150 valence electrons. The minimum absolute atomic E-state index is 0.225. The van der Waals surface area contributed by atoms with Crippen LogP contribution in [0.5, 0.6) is 0 Å². The van der Waals surface area contributed by atoms with Crippen LogP contribution in [0.3, 0.4) is 0 Å². The van der Waals surface area contributed by atoms with E-state index in [1.807, 2.05) is 13.0 Å². The first-order valence-corrected chi connectivity index (χ1v) is 9.92. The Morgan fingerprint density at radius 2 is 2.00 bits per heavy atom. The van der Waals surface area contributed by atoms with Gasteiger partial charge in [-0.1, -0.05) is 18.2 Å². The highest BCUT2D eigenvalue weighted by atomic mass is 16.6. The fraction of sp³-hybridized carbons (Fsp3) is 0.600. The molecule has 1 heterocycles. The van der Waals surface area contributed by atoms with Crippen molar-refractivity contribution in [3.8, 4) is 0 Å². The highest BCUT2D eigenvalue weighted by molar-refractivity contribution is 5.78. The molecule has 1 amide bonds. The molecular weight excluding hydrogens is 342 g/mol.